The fraction of sp³-hybridized carbons (Fsp3) is 0.357. The maximum Gasteiger partial charge on any atom is 0.268 e. The number of nitrogens with one attached hydrogen (secondary N) is 2. The first-order valence-electron chi connectivity index (χ1n) is 5.88. The third kappa shape index (κ3) is 2.37. The van der Waals surface area contributed by atoms with E-state index in [9.17, 15) is 9.18 Å². The number of aromatic amines is 1. The number of halogens is 1. The Labute approximate surface area is 105 Å². The summed E-state index contributed by atoms with van der Waals surface area (Å²) in [4.78, 5) is 15.1. The molecule has 0 spiro atoms. The average molecular weight is 248 g/mol. The number of benzene rings is 1. The Morgan fingerprint density at radius 3 is 2.61 bits per heavy atom. The molecule has 0 fully saturated rings. The lowest BCUT2D eigenvalue weighted by molar-refractivity contribution is 0.0914. The molecule has 3 nitrogen and oxygen atoms in total. The molecule has 1 heterocycles. The van der Waals surface area contributed by atoms with Crippen LogP contribution < -0.4 is 5.32 Å². The van der Waals surface area contributed by atoms with Crippen molar-refractivity contribution in [3.05, 3.63) is 35.3 Å². The minimum absolute atomic E-state index is 0.170. The third-order valence-corrected chi connectivity index (χ3v) is 2.74. The second kappa shape index (κ2) is 4.12. The molecule has 0 aliphatic carbocycles. The van der Waals surface area contributed by atoms with Gasteiger partial charge >= 0.3 is 0 Å². The monoisotopic (exact) mass is 248 g/mol. The van der Waals surface area contributed by atoms with E-state index in [1.165, 1.54) is 12.1 Å². The zero-order valence-electron chi connectivity index (χ0n) is 11.0. The molecule has 18 heavy (non-hydrogen) atoms. The highest BCUT2D eigenvalue weighted by Gasteiger charge is 2.19. The number of H-pyrrole nitrogens is 1. The van der Waals surface area contributed by atoms with E-state index in [0.717, 1.165) is 16.5 Å². The van der Waals surface area contributed by atoms with E-state index in [1.54, 1.807) is 6.07 Å². The van der Waals surface area contributed by atoms with Crippen molar-refractivity contribution < 1.29 is 9.18 Å². The van der Waals surface area contributed by atoms with Crippen molar-refractivity contribution >= 4 is 16.8 Å². The van der Waals surface area contributed by atoms with Crippen LogP contribution in [-0.4, -0.2) is 16.4 Å². The Morgan fingerprint density at radius 2 is 2.00 bits per heavy atom. The summed E-state index contributed by atoms with van der Waals surface area (Å²) >= 11 is 0. The van der Waals surface area contributed by atoms with Crippen LogP contribution in [0.2, 0.25) is 0 Å². The van der Waals surface area contributed by atoms with Gasteiger partial charge in [0.1, 0.15) is 11.5 Å². The first-order valence-corrected chi connectivity index (χ1v) is 5.88. The molecule has 1 aromatic heterocycles. The summed E-state index contributed by atoms with van der Waals surface area (Å²) in [6.45, 7) is 7.57. The summed E-state index contributed by atoms with van der Waals surface area (Å²) in [5, 5.41) is 3.63. The van der Waals surface area contributed by atoms with Gasteiger partial charge in [0.15, 0.2) is 0 Å². The number of amides is 1. The molecule has 0 aliphatic rings. The molecule has 0 atom stereocenters. The summed E-state index contributed by atoms with van der Waals surface area (Å²) in [7, 11) is 0. The van der Waals surface area contributed by atoms with Crippen molar-refractivity contribution in [2.45, 2.75) is 33.2 Å². The highest BCUT2D eigenvalue weighted by atomic mass is 19.1. The van der Waals surface area contributed by atoms with E-state index < -0.39 is 0 Å². The average Bonchev–Trinajstić information content (AvgIpc) is 2.54. The van der Waals surface area contributed by atoms with Gasteiger partial charge in [0.05, 0.1) is 0 Å². The molecule has 0 radical (unpaired) electrons. The van der Waals surface area contributed by atoms with Gasteiger partial charge in [-0.2, -0.15) is 0 Å². The Hall–Kier alpha value is -1.84. The highest BCUT2D eigenvalue weighted by Crippen LogP contribution is 2.22. The van der Waals surface area contributed by atoms with E-state index in [0.29, 0.717) is 5.69 Å². The largest absolute Gasteiger partial charge is 0.350 e. The van der Waals surface area contributed by atoms with Crippen molar-refractivity contribution in [1.82, 2.24) is 10.3 Å². The zero-order chi connectivity index (χ0) is 13.5. The second-order valence-corrected chi connectivity index (χ2v) is 5.52. The van der Waals surface area contributed by atoms with E-state index in [4.69, 9.17) is 0 Å². The number of aromatic nitrogens is 1. The SMILES string of the molecule is Cc1c(C(=O)NC(C)(C)C)[nH]c2ccc(F)cc12. The predicted octanol–water partition coefficient (Wildman–Crippen LogP) is 3.14. The molecule has 0 bridgehead atoms. The predicted molar refractivity (Wildman–Crippen MR) is 70.2 cm³/mol. The lowest BCUT2D eigenvalue weighted by Gasteiger charge is -2.20. The van der Waals surface area contributed by atoms with E-state index >= 15 is 0 Å². The van der Waals surface area contributed by atoms with Crippen molar-refractivity contribution in [1.29, 1.82) is 0 Å². The molecule has 96 valence electrons. The quantitative estimate of drug-likeness (QED) is 0.800. The molecule has 2 aromatic rings. The van der Waals surface area contributed by atoms with Gasteiger partial charge in [-0.3, -0.25) is 4.79 Å². The number of hydrogen-bond donors (Lipinski definition) is 2. The smallest absolute Gasteiger partial charge is 0.268 e. The van der Waals surface area contributed by atoms with Crippen molar-refractivity contribution in [3.8, 4) is 0 Å². The molecular weight excluding hydrogens is 231 g/mol. The number of fused-ring (bicyclic) bond motifs is 1. The van der Waals surface area contributed by atoms with E-state index in [1.807, 2.05) is 27.7 Å². The molecule has 0 saturated carbocycles. The van der Waals surface area contributed by atoms with Gasteiger partial charge in [0.2, 0.25) is 0 Å². The molecular formula is C14H17FN2O. The molecule has 1 aromatic carbocycles. The Kier molecular flexibility index (Phi) is 2.89. The molecule has 1 amide bonds. The highest BCUT2D eigenvalue weighted by molar-refractivity contribution is 6.01. The molecule has 2 rings (SSSR count). The van der Waals surface area contributed by atoms with Crippen molar-refractivity contribution in [2.24, 2.45) is 0 Å². The fourth-order valence-corrected chi connectivity index (χ4v) is 1.93. The van der Waals surface area contributed by atoms with Gasteiger partial charge in [-0.1, -0.05) is 0 Å². The maximum atomic E-state index is 13.2. The zero-order valence-corrected chi connectivity index (χ0v) is 11.0. The molecule has 0 saturated heterocycles. The van der Waals surface area contributed by atoms with Gasteiger partial charge in [0, 0.05) is 16.4 Å². The summed E-state index contributed by atoms with van der Waals surface area (Å²) in [5.74, 6) is -0.469. The van der Waals surface area contributed by atoms with Crippen LogP contribution in [0.4, 0.5) is 4.39 Å². The number of carbonyl (C=O) groups is 1. The topological polar surface area (TPSA) is 44.9 Å². The van der Waals surface area contributed by atoms with Crippen LogP contribution in [0.15, 0.2) is 18.2 Å². The molecule has 0 unspecified atom stereocenters. The van der Waals surface area contributed by atoms with Crippen LogP contribution in [0.3, 0.4) is 0 Å². The van der Waals surface area contributed by atoms with Crippen molar-refractivity contribution in [2.75, 3.05) is 0 Å². The fourth-order valence-electron chi connectivity index (χ4n) is 1.93. The normalized spacial score (nSPS) is 11.8. The Bertz CT molecular complexity index is 608. The summed E-state index contributed by atoms with van der Waals surface area (Å²) in [6, 6.07) is 4.46. The molecule has 4 heteroatoms. The second-order valence-electron chi connectivity index (χ2n) is 5.52. The lowest BCUT2D eigenvalue weighted by Crippen LogP contribution is -2.40. The lowest BCUT2D eigenvalue weighted by atomic mass is 10.1. The van der Waals surface area contributed by atoms with Gasteiger partial charge in [-0.05, 0) is 51.5 Å². The first-order chi connectivity index (χ1) is 8.28. The van der Waals surface area contributed by atoms with Gasteiger partial charge in [0.25, 0.3) is 5.91 Å². The van der Waals surface area contributed by atoms with Gasteiger partial charge in [-0.25, -0.2) is 4.39 Å². The molecule has 0 aliphatic heterocycles. The minimum Gasteiger partial charge on any atom is -0.350 e. The van der Waals surface area contributed by atoms with Crippen LogP contribution >= 0.6 is 0 Å². The molecule has 2 N–H and O–H groups in total. The maximum absolute atomic E-state index is 13.2. The van der Waals surface area contributed by atoms with Crippen LogP contribution in [-0.2, 0) is 0 Å². The van der Waals surface area contributed by atoms with Crippen LogP contribution in [0.1, 0.15) is 36.8 Å². The van der Waals surface area contributed by atoms with Gasteiger partial charge < -0.3 is 10.3 Å². The Morgan fingerprint density at radius 1 is 1.33 bits per heavy atom. The van der Waals surface area contributed by atoms with E-state index in [-0.39, 0.29) is 17.3 Å². The number of carbonyl (C=O) groups excluding carboxylic acids is 1. The third-order valence-electron chi connectivity index (χ3n) is 2.74. The van der Waals surface area contributed by atoms with Crippen LogP contribution in [0.5, 0.6) is 0 Å². The number of rotatable bonds is 1. The minimum atomic E-state index is -0.300. The Balaban J connectivity index is 2.46. The van der Waals surface area contributed by atoms with Crippen molar-refractivity contribution in [3.63, 3.8) is 0 Å². The van der Waals surface area contributed by atoms with Crippen LogP contribution in [0.25, 0.3) is 10.9 Å². The van der Waals surface area contributed by atoms with E-state index in [2.05, 4.69) is 10.3 Å². The standard InChI is InChI=1S/C14H17FN2O/c1-8-10-7-9(15)5-6-11(10)16-12(8)13(18)17-14(2,3)4/h5-7,16H,1-4H3,(H,17,18). The number of hydrogen-bond acceptors (Lipinski definition) is 1. The summed E-state index contributed by atoms with van der Waals surface area (Å²) in [5.41, 5.74) is 1.73. The summed E-state index contributed by atoms with van der Waals surface area (Å²) < 4.78 is 13.2. The van der Waals surface area contributed by atoms with Gasteiger partial charge in [-0.15, -0.1) is 0 Å². The first kappa shape index (κ1) is 12.6. The summed E-state index contributed by atoms with van der Waals surface area (Å²) in [6.07, 6.45) is 0. The number of aryl methyl sites for hydroxylation is 1. The van der Waals surface area contributed by atoms with Crippen LogP contribution in [0, 0.1) is 12.7 Å².